The molecular formula is C17H21FN2O. The van der Waals surface area contributed by atoms with Crippen molar-refractivity contribution in [2.24, 2.45) is 0 Å². The van der Waals surface area contributed by atoms with Crippen LogP contribution in [0.4, 0.5) is 15.8 Å². The lowest BCUT2D eigenvalue weighted by Crippen LogP contribution is -2.09. The smallest absolute Gasteiger partial charge is 0.165 e. The summed E-state index contributed by atoms with van der Waals surface area (Å²) in [6.45, 7) is 2.00. The fourth-order valence-electron chi connectivity index (χ4n) is 2.14. The first-order valence-corrected chi connectivity index (χ1v) is 6.88. The van der Waals surface area contributed by atoms with Crippen LogP contribution in [0.3, 0.4) is 0 Å². The number of rotatable bonds is 5. The molecule has 0 amide bonds. The van der Waals surface area contributed by atoms with Gasteiger partial charge in [0, 0.05) is 31.5 Å². The zero-order valence-electron chi connectivity index (χ0n) is 12.9. The molecule has 1 unspecified atom stereocenters. The van der Waals surface area contributed by atoms with E-state index in [9.17, 15) is 4.39 Å². The molecule has 0 radical (unpaired) electrons. The summed E-state index contributed by atoms with van der Waals surface area (Å²) in [5, 5.41) is 3.36. The van der Waals surface area contributed by atoms with Crippen LogP contribution in [0.2, 0.25) is 0 Å². The molecule has 0 aliphatic heterocycles. The number of anilines is 2. The maximum absolute atomic E-state index is 13.7. The van der Waals surface area contributed by atoms with E-state index in [0.29, 0.717) is 0 Å². The first-order valence-electron chi connectivity index (χ1n) is 6.88. The minimum Gasteiger partial charge on any atom is -0.494 e. The molecule has 0 spiro atoms. The van der Waals surface area contributed by atoms with Crippen LogP contribution in [0.1, 0.15) is 18.5 Å². The first kappa shape index (κ1) is 15.2. The Kier molecular flexibility index (Phi) is 4.68. The van der Waals surface area contributed by atoms with Crippen molar-refractivity contribution in [1.82, 2.24) is 0 Å². The summed E-state index contributed by atoms with van der Waals surface area (Å²) >= 11 is 0. The highest BCUT2D eigenvalue weighted by molar-refractivity contribution is 5.55. The summed E-state index contributed by atoms with van der Waals surface area (Å²) in [5.41, 5.74) is 3.03. The predicted molar refractivity (Wildman–Crippen MR) is 85.8 cm³/mol. The number of hydrogen-bond donors (Lipinski definition) is 1. The third-order valence-electron chi connectivity index (χ3n) is 3.44. The van der Waals surface area contributed by atoms with Gasteiger partial charge in [-0.25, -0.2) is 4.39 Å². The van der Waals surface area contributed by atoms with Crippen molar-refractivity contribution in [3.05, 3.63) is 53.8 Å². The van der Waals surface area contributed by atoms with Crippen molar-refractivity contribution in [3.8, 4) is 5.75 Å². The van der Waals surface area contributed by atoms with Crippen molar-refractivity contribution >= 4 is 11.4 Å². The van der Waals surface area contributed by atoms with Gasteiger partial charge in [-0.3, -0.25) is 0 Å². The quantitative estimate of drug-likeness (QED) is 0.897. The third-order valence-corrected chi connectivity index (χ3v) is 3.44. The first-order chi connectivity index (χ1) is 10.0. The number of halogens is 1. The van der Waals surface area contributed by atoms with Crippen LogP contribution in [0, 0.1) is 5.82 Å². The number of methoxy groups -OCH3 is 1. The summed E-state index contributed by atoms with van der Waals surface area (Å²) < 4.78 is 18.7. The van der Waals surface area contributed by atoms with E-state index in [2.05, 4.69) is 5.32 Å². The monoisotopic (exact) mass is 288 g/mol. The second-order valence-corrected chi connectivity index (χ2v) is 5.20. The van der Waals surface area contributed by atoms with E-state index < -0.39 is 0 Å². The van der Waals surface area contributed by atoms with E-state index in [1.54, 1.807) is 6.07 Å². The molecule has 0 saturated heterocycles. The van der Waals surface area contributed by atoms with Gasteiger partial charge in [0.15, 0.2) is 11.6 Å². The molecular weight excluding hydrogens is 267 g/mol. The summed E-state index contributed by atoms with van der Waals surface area (Å²) in [6.07, 6.45) is 0. The molecule has 4 heteroatoms. The highest BCUT2D eigenvalue weighted by atomic mass is 19.1. The summed E-state index contributed by atoms with van der Waals surface area (Å²) in [5.74, 6) is -0.0760. The molecule has 0 saturated carbocycles. The van der Waals surface area contributed by atoms with Crippen LogP contribution in [-0.2, 0) is 0 Å². The van der Waals surface area contributed by atoms with Gasteiger partial charge >= 0.3 is 0 Å². The average molecular weight is 288 g/mol. The van der Waals surface area contributed by atoms with Gasteiger partial charge in [0.1, 0.15) is 0 Å². The molecule has 0 aromatic heterocycles. The molecule has 0 aliphatic carbocycles. The fourth-order valence-corrected chi connectivity index (χ4v) is 2.14. The van der Waals surface area contributed by atoms with Crippen LogP contribution in [-0.4, -0.2) is 21.2 Å². The van der Waals surface area contributed by atoms with Gasteiger partial charge in [0.05, 0.1) is 7.11 Å². The zero-order valence-corrected chi connectivity index (χ0v) is 12.9. The van der Waals surface area contributed by atoms with Crippen molar-refractivity contribution in [3.63, 3.8) is 0 Å². The molecule has 112 valence electrons. The summed E-state index contributed by atoms with van der Waals surface area (Å²) in [4.78, 5) is 2.05. The lowest BCUT2D eigenvalue weighted by molar-refractivity contribution is 0.386. The van der Waals surface area contributed by atoms with E-state index in [-0.39, 0.29) is 17.6 Å². The minimum absolute atomic E-state index is 0.00983. The molecule has 0 bridgehead atoms. The largest absolute Gasteiger partial charge is 0.494 e. The highest BCUT2D eigenvalue weighted by Crippen LogP contribution is 2.25. The normalized spacial score (nSPS) is 11.9. The van der Waals surface area contributed by atoms with Gasteiger partial charge in [-0.2, -0.15) is 0 Å². The standard InChI is InChI=1S/C17H21FN2O/c1-12(13-5-10-17(21-4)16(18)11-13)19-14-6-8-15(9-7-14)20(2)3/h5-12,19H,1-4H3. The Labute approximate surface area is 125 Å². The van der Waals surface area contributed by atoms with Crippen molar-refractivity contribution in [2.75, 3.05) is 31.4 Å². The van der Waals surface area contributed by atoms with E-state index in [4.69, 9.17) is 4.74 Å². The molecule has 0 aliphatic rings. The van der Waals surface area contributed by atoms with E-state index >= 15 is 0 Å². The molecule has 0 heterocycles. The van der Waals surface area contributed by atoms with Gasteiger partial charge in [0.25, 0.3) is 0 Å². The second kappa shape index (κ2) is 6.48. The number of nitrogens with one attached hydrogen (secondary N) is 1. The summed E-state index contributed by atoms with van der Waals surface area (Å²) in [7, 11) is 5.47. The van der Waals surface area contributed by atoms with Gasteiger partial charge in [0.2, 0.25) is 0 Å². The molecule has 2 aromatic rings. The van der Waals surface area contributed by atoms with Gasteiger partial charge < -0.3 is 15.0 Å². The average Bonchev–Trinajstić information content (AvgIpc) is 2.47. The number of ether oxygens (including phenoxy) is 1. The van der Waals surface area contributed by atoms with Crippen LogP contribution >= 0.6 is 0 Å². The molecule has 0 fully saturated rings. The summed E-state index contributed by atoms with van der Waals surface area (Å²) in [6, 6.07) is 13.2. The number of nitrogens with zero attached hydrogens (tertiary/aromatic N) is 1. The van der Waals surface area contributed by atoms with Crippen molar-refractivity contribution < 1.29 is 9.13 Å². The maximum atomic E-state index is 13.7. The Balaban J connectivity index is 2.10. The van der Waals surface area contributed by atoms with Crippen LogP contribution in [0.5, 0.6) is 5.75 Å². The Hall–Kier alpha value is -2.23. The molecule has 21 heavy (non-hydrogen) atoms. The topological polar surface area (TPSA) is 24.5 Å². The van der Waals surface area contributed by atoms with E-state index in [1.165, 1.54) is 13.2 Å². The number of benzene rings is 2. The lowest BCUT2D eigenvalue weighted by Gasteiger charge is -2.18. The molecule has 3 nitrogen and oxygen atoms in total. The van der Waals surface area contributed by atoms with Gasteiger partial charge in [-0.15, -0.1) is 0 Å². The molecule has 2 rings (SSSR count). The van der Waals surface area contributed by atoms with Crippen LogP contribution in [0.25, 0.3) is 0 Å². The lowest BCUT2D eigenvalue weighted by atomic mass is 10.1. The molecule has 1 atom stereocenters. The highest BCUT2D eigenvalue weighted by Gasteiger charge is 2.09. The molecule has 1 N–H and O–H groups in total. The van der Waals surface area contributed by atoms with E-state index in [0.717, 1.165) is 16.9 Å². The SMILES string of the molecule is COc1ccc(C(C)Nc2ccc(N(C)C)cc2)cc1F. The Morgan fingerprint density at radius 1 is 1.10 bits per heavy atom. The second-order valence-electron chi connectivity index (χ2n) is 5.20. The van der Waals surface area contributed by atoms with Crippen molar-refractivity contribution in [1.29, 1.82) is 0 Å². The van der Waals surface area contributed by atoms with Crippen LogP contribution in [0.15, 0.2) is 42.5 Å². The minimum atomic E-state index is -0.341. The number of hydrogen-bond acceptors (Lipinski definition) is 3. The Morgan fingerprint density at radius 2 is 1.76 bits per heavy atom. The molecule has 2 aromatic carbocycles. The predicted octanol–water partition coefficient (Wildman–Crippen LogP) is 4.07. The Morgan fingerprint density at radius 3 is 2.29 bits per heavy atom. The van der Waals surface area contributed by atoms with Crippen LogP contribution < -0.4 is 15.0 Å². The van der Waals surface area contributed by atoms with Gasteiger partial charge in [-0.1, -0.05) is 6.07 Å². The third kappa shape index (κ3) is 3.66. The maximum Gasteiger partial charge on any atom is 0.165 e. The van der Waals surface area contributed by atoms with Gasteiger partial charge in [-0.05, 0) is 48.9 Å². The fraction of sp³-hybridized carbons (Fsp3) is 0.294. The Bertz CT molecular complexity index is 596. The van der Waals surface area contributed by atoms with E-state index in [1.807, 2.05) is 56.3 Å². The van der Waals surface area contributed by atoms with Crippen molar-refractivity contribution in [2.45, 2.75) is 13.0 Å². The zero-order chi connectivity index (χ0) is 15.4.